The molecule has 1 aromatic carbocycles. The molecule has 1 N–H and O–H groups in total. The van der Waals surface area contributed by atoms with Gasteiger partial charge < -0.3 is 5.32 Å². The molecule has 0 saturated heterocycles. The number of anilines is 1. The fourth-order valence-corrected chi connectivity index (χ4v) is 5.16. The summed E-state index contributed by atoms with van der Waals surface area (Å²) in [4.78, 5) is 35.8. The highest BCUT2D eigenvalue weighted by Gasteiger charge is 2.17. The number of rotatable bonds is 7. The van der Waals surface area contributed by atoms with E-state index in [1.807, 2.05) is 44.2 Å². The summed E-state index contributed by atoms with van der Waals surface area (Å²) in [5.41, 5.74) is 3.70. The first-order valence-electron chi connectivity index (χ1n) is 10.3. The number of carbonyl (C=O) groups excluding carboxylic acids is 1. The molecule has 4 aromatic rings. The third-order valence-corrected chi connectivity index (χ3v) is 7.24. The average molecular weight is 453 g/mol. The average Bonchev–Trinajstić information content (AvgIpc) is 3.13. The van der Waals surface area contributed by atoms with Gasteiger partial charge in [-0.3, -0.25) is 14.2 Å². The van der Waals surface area contributed by atoms with Crippen molar-refractivity contribution in [3.63, 3.8) is 0 Å². The van der Waals surface area contributed by atoms with Gasteiger partial charge in [-0.25, -0.2) is 9.97 Å². The highest BCUT2D eigenvalue weighted by Crippen LogP contribution is 2.30. The predicted molar refractivity (Wildman–Crippen MR) is 129 cm³/mol. The molecule has 3 aromatic heterocycles. The van der Waals surface area contributed by atoms with Gasteiger partial charge in [-0.05, 0) is 55.7 Å². The predicted octanol–water partition coefficient (Wildman–Crippen LogP) is 5.15. The SMILES string of the molecule is CCCCn1c(SCC(=O)Nc2ccc(C)c(C)c2)nc2c(sc3ncccc32)c1=O. The maximum Gasteiger partial charge on any atom is 0.272 e. The first kappa shape index (κ1) is 21.5. The summed E-state index contributed by atoms with van der Waals surface area (Å²) < 4.78 is 2.32. The molecular weight excluding hydrogens is 428 g/mol. The quantitative estimate of drug-likeness (QED) is 0.310. The summed E-state index contributed by atoms with van der Waals surface area (Å²) in [5.74, 6) is 0.0543. The second-order valence-corrected chi connectivity index (χ2v) is 9.42. The lowest BCUT2D eigenvalue weighted by molar-refractivity contribution is -0.113. The molecular formula is C23H24N4O2S2. The van der Waals surface area contributed by atoms with E-state index in [-0.39, 0.29) is 17.2 Å². The topological polar surface area (TPSA) is 76.9 Å². The number of carbonyl (C=O) groups is 1. The van der Waals surface area contributed by atoms with Gasteiger partial charge in [-0.2, -0.15) is 0 Å². The molecule has 0 bridgehead atoms. The molecule has 160 valence electrons. The second kappa shape index (κ2) is 9.20. The van der Waals surface area contributed by atoms with Crippen LogP contribution in [0.1, 0.15) is 30.9 Å². The molecule has 0 spiro atoms. The van der Waals surface area contributed by atoms with Crippen LogP contribution in [0.3, 0.4) is 0 Å². The molecule has 0 saturated carbocycles. The van der Waals surface area contributed by atoms with Crippen molar-refractivity contribution in [2.24, 2.45) is 0 Å². The minimum Gasteiger partial charge on any atom is -0.325 e. The molecule has 8 heteroatoms. The zero-order valence-corrected chi connectivity index (χ0v) is 19.4. The number of aryl methyl sites for hydroxylation is 2. The zero-order valence-electron chi connectivity index (χ0n) is 17.8. The van der Waals surface area contributed by atoms with Crippen LogP contribution in [0, 0.1) is 13.8 Å². The Labute approximate surface area is 188 Å². The monoisotopic (exact) mass is 452 g/mol. The molecule has 4 rings (SSSR count). The minimum atomic E-state index is -0.124. The van der Waals surface area contributed by atoms with Gasteiger partial charge in [-0.1, -0.05) is 31.2 Å². The molecule has 0 fully saturated rings. The van der Waals surface area contributed by atoms with E-state index in [0.717, 1.165) is 34.3 Å². The summed E-state index contributed by atoms with van der Waals surface area (Å²) in [5, 5.41) is 4.39. The van der Waals surface area contributed by atoms with Crippen LogP contribution >= 0.6 is 23.1 Å². The van der Waals surface area contributed by atoms with Crippen molar-refractivity contribution in [3.8, 4) is 0 Å². The molecule has 0 unspecified atom stereocenters. The summed E-state index contributed by atoms with van der Waals surface area (Å²) in [6.45, 7) is 6.73. The third-order valence-electron chi connectivity index (χ3n) is 5.18. The van der Waals surface area contributed by atoms with E-state index in [0.29, 0.717) is 21.9 Å². The Kier molecular flexibility index (Phi) is 6.38. The molecule has 0 aliphatic rings. The van der Waals surface area contributed by atoms with Crippen LogP contribution in [0.15, 0.2) is 46.5 Å². The van der Waals surface area contributed by atoms with Gasteiger partial charge >= 0.3 is 0 Å². The summed E-state index contributed by atoms with van der Waals surface area (Å²) >= 11 is 2.67. The van der Waals surface area contributed by atoms with E-state index in [1.54, 1.807) is 10.8 Å². The van der Waals surface area contributed by atoms with Crippen molar-refractivity contribution < 1.29 is 4.79 Å². The summed E-state index contributed by atoms with van der Waals surface area (Å²) in [7, 11) is 0. The van der Waals surface area contributed by atoms with Crippen LogP contribution in [0.25, 0.3) is 20.4 Å². The Morgan fingerprint density at radius 3 is 2.84 bits per heavy atom. The Hall–Kier alpha value is -2.71. The van der Waals surface area contributed by atoms with Crippen molar-refractivity contribution in [3.05, 3.63) is 58.0 Å². The Bertz CT molecular complexity index is 1330. The fourth-order valence-electron chi connectivity index (χ4n) is 3.31. The lowest BCUT2D eigenvalue weighted by Crippen LogP contribution is -2.23. The third kappa shape index (κ3) is 4.50. The standard InChI is InChI=1S/C23H24N4O2S2/c1-4-5-11-27-22(29)20-19(17-7-6-10-24-21(17)31-20)26-23(27)30-13-18(28)25-16-9-8-14(2)15(3)12-16/h6-10,12H,4-5,11,13H2,1-3H3,(H,25,28). The van der Waals surface area contributed by atoms with Crippen LogP contribution in [-0.4, -0.2) is 26.2 Å². The summed E-state index contributed by atoms with van der Waals surface area (Å²) in [6.07, 6.45) is 3.56. The van der Waals surface area contributed by atoms with Gasteiger partial charge in [0.1, 0.15) is 9.53 Å². The van der Waals surface area contributed by atoms with Gasteiger partial charge in [0.2, 0.25) is 5.91 Å². The number of aromatic nitrogens is 3. The molecule has 0 aliphatic heterocycles. The normalized spacial score (nSPS) is 11.3. The van der Waals surface area contributed by atoms with E-state index in [4.69, 9.17) is 4.98 Å². The maximum absolute atomic E-state index is 13.2. The first-order chi connectivity index (χ1) is 15.0. The van der Waals surface area contributed by atoms with Crippen molar-refractivity contribution in [2.45, 2.75) is 45.3 Å². The van der Waals surface area contributed by atoms with Crippen LogP contribution in [0.5, 0.6) is 0 Å². The van der Waals surface area contributed by atoms with E-state index in [1.165, 1.54) is 28.7 Å². The molecule has 6 nitrogen and oxygen atoms in total. The van der Waals surface area contributed by atoms with E-state index < -0.39 is 0 Å². The molecule has 0 radical (unpaired) electrons. The fraction of sp³-hybridized carbons (Fsp3) is 0.304. The number of thioether (sulfide) groups is 1. The highest BCUT2D eigenvalue weighted by molar-refractivity contribution is 7.99. The van der Waals surface area contributed by atoms with Crippen LogP contribution in [-0.2, 0) is 11.3 Å². The number of unbranched alkanes of at least 4 members (excludes halogenated alkanes) is 1. The molecule has 31 heavy (non-hydrogen) atoms. The van der Waals surface area contributed by atoms with E-state index in [9.17, 15) is 9.59 Å². The smallest absolute Gasteiger partial charge is 0.272 e. The number of pyridine rings is 1. The van der Waals surface area contributed by atoms with Gasteiger partial charge in [-0.15, -0.1) is 11.3 Å². The lowest BCUT2D eigenvalue weighted by atomic mass is 10.1. The zero-order chi connectivity index (χ0) is 22.0. The van der Waals surface area contributed by atoms with Gasteiger partial charge in [0.05, 0.1) is 11.3 Å². The number of hydrogen-bond acceptors (Lipinski definition) is 6. The lowest BCUT2D eigenvalue weighted by Gasteiger charge is -2.12. The molecule has 1 amide bonds. The second-order valence-electron chi connectivity index (χ2n) is 7.48. The number of thiophene rings is 1. The minimum absolute atomic E-state index is 0.0569. The van der Waals surface area contributed by atoms with E-state index in [2.05, 4.69) is 17.2 Å². The van der Waals surface area contributed by atoms with Crippen molar-refractivity contribution in [1.82, 2.24) is 14.5 Å². The molecule has 3 heterocycles. The number of nitrogens with zero attached hydrogens (tertiary/aromatic N) is 3. The highest BCUT2D eigenvalue weighted by atomic mass is 32.2. The van der Waals surface area contributed by atoms with Crippen LogP contribution < -0.4 is 10.9 Å². The number of nitrogens with one attached hydrogen (secondary N) is 1. The van der Waals surface area contributed by atoms with Gasteiger partial charge in [0.15, 0.2) is 5.16 Å². The van der Waals surface area contributed by atoms with Crippen molar-refractivity contribution in [2.75, 3.05) is 11.1 Å². The van der Waals surface area contributed by atoms with Gasteiger partial charge in [0, 0.05) is 23.8 Å². The first-order valence-corrected chi connectivity index (χ1v) is 12.1. The van der Waals surface area contributed by atoms with Gasteiger partial charge in [0.25, 0.3) is 5.56 Å². The summed E-state index contributed by atoms with van der Waals surface area (Å²) in [6, 6.07) is 9.64. The largest absolute Gasteiger partial charge is 0.325 e. The number of amides is 1. The van der Waals surface area contributed by atoms with Crippen LogP contribution in [0.2, 0.25) is 0 Å². The number of hydrogen-bond donors (Lipinski definition) is 1. The molecule has 0 aliphatic carbocycles. The number of benzene rings is 1. The Morgan fingerprint density at radius 2 is 2.06 bits per heavy atom. The van der Waals surface area contributed by atoms with Crippen molar-refractivity contribution >= 4 is 55.1 Å². The maximum atomic E-state index is 13.2. The molecule has 0 atom stereocenters. The van der Waals surface area contributed by atoms with E-state index >= 15 is 0 Å². The number of fused-ring (bicyclic) bond motifs is 3. The Morgan fingerprint density at radius 1 is 1.23 bits per heavy atom. The Balaban J connectivity index is 1.63. The van der Waals surface area contributed by atoms with Crippen LogP contribution in [0.4, 0.5) is 5.69 Å². The van der Waals surface area contributed by atoms with Crippen molar-refractivity contribution in [1.29, 1.82) is 0 Å².